The lowest BCUT2D eigenvalue weighted by molar-refractivity contribution is -0.291. The molecule has 0 atom stereocenters. The molecule has 0 aliphatic heterocycles. The lowest BCUT2D eigenvalue weighted by atomic mass is 9.75. The van der Waals surface area contributed by atoms with Gasteiger partial charge in [-0.25, -0.2) is 0 Å². The molecule has 1 aliphatic rings. The number of halogens is 3. The summed E-state index contributed by atoms with van der Waals surface area (Å²) in [5.74, 6) is -0.309. The zero-order valence-corrected chi connectivity index (χ0v) is 10.7. The molecule has 0 bridgehead atoms. The summed E-state index contributed by atoms with van der Waals surface area (Å²) in [5.41, 5.74) is -1.70. The Morgan fingerprint density at radius 1 is 1.40 bits per heavy atom. The highest BCUT2D eigenvalue weighted by atomic mass is 19.4. The first-order chi connectivity index (χ1) is 9.30. The minimum absolute atomic E-state index is 0.199. The summed E-state index contributed by atoms with van der Waals surface area (Å²) in [7, 11) is 0. The first-order valence-electron chi connectivity index (χ1n) is 6.27. The summed E-state index contributed by atoms with van der Waals surface area (Å²) in [4.78, 5) is 15.4. The fourth-order valence-corrected chi connectivity index (χ4v) is 2.20. The molecule has 0 aromatic carbocycles. The molecule has 2 rings (SSSR count). The van der Waals surface area contributed by atoms with Crippen LogP contribution in [0.2, 0.25) is 0 Å². The van der Waals surface area contributed by atoms with E-state index in [2.05, 4.69) is 10.3 Å². The first kappa shape index (κ1) is 14.8. The summed E-state index contributed by atoms with van der Waals surface area (Å²) in [6.07, 6.45) is -1.65. The summed E-state index contributed by atoms with van der Waals surface area (Å²) < 4.78 is 37.2. The van der Waals surface area contributed by atoms with Gasteiger partial charge in [-0.1, -0.05) is 0 Å². The van der Waals surface area contributed by atoms with E-state index in [1.807, 2.05) is 0 Å². The third kappa shape index (κ3) is 3.27. The van der Waals surface area contributed by atoms with Crippen molar-refractivity contribution in [1.29, 1.82) is 0 Å². The Bertz CT molecular complexity index is 470. The van der Waals surface area contributed by atoms with Gasteiger partial charge in [-0.05, 0) is 24.1 Å². The topological polar surface area (TPSA) is 62.2 Å². The van der Waals surface area contributed by atoms with Crippen molar-refractivity contribution in [3.63, 3.8) is 0 Å². The van der Waals surface area contributed by atoms with Crippen LogP contribution in [0.4, 0.5) is 13.2 Å². The molecule has 1 aromatic rings. The van der Waals surface area contributed by atoms with Crippen molar-refractivity contribution in [1.82, 2.24) is 10.3 Å². The maximum atomic E-state index is 12.4. The second-order valence-corrected chi connectivity index (χ2v) is 5.06. The largest absolute Gasteiger partial charge is 0.417 e. The number of amides is 1. The number of hydrogen-bond acceptors (Lipinski definition) is 3. The van der Waals surface area contributed by atoms with Gasteiger partial charge >= 0.3 is 6.18 Å². The van der Waals surface area contributed by atoms with Gasteiger partial charge in [0.15, 0.2) is 5.60 Å². The van der Waals surface area contributed by atoms with Gasteiger partial charge in [-0.15, -0.1) is 0 Å². The van der Waals surface area contributed by atoms with Crippen LogP contribution < -0.4 is 5.32 Å². The Morgan fingerprint density at radius 3 is 2.55 bits per heavy atom. The highest BCUT2D eigenvalue weighted by Gasteiger charge is 2.61. The number of aromatic nitrogens is 1. The molecule has 1 saturated carbocycles. The number of aryl methyl sites for hydroxylation is 1. The summed E-state index contributed by atoms with van der Waals surface area (Å²) in [6.45, 7) is 0. The highest BCUT2D eigenvalue weighted by Crippen LogP contribution is 2.45. The van der Waals surface area contributed by atoms with Gasteiger partial charge in [0.05, 0.1) is 0 Å². The van der Waals surface area contributed by atoms with Gasteiger partial charge in [0.1, 0.15) is 0 Å². The molecule has 0 radical (unpaired) electrons. The van der Waals surface area contributed by atoms with E-state index in [4.69, 9.17) is 0 Å². The molecule has 0 saturated heterocycles. The third-order valence-electron chi connectivity index (χ3n) is 3.45. The number of nitrogens with zero attached hydrogens (tertiary/aromatic N) is 1. The normalized spacial score (nSPS) is 25.9. The lowest BCUT2D eigenvalue weighted by Gasteiger charge is -2.44. The molecule has 1 aliphatic carbocycles. The van der Waals surface area contributed by atoms with E-state index in [9.17, 15) is 23.1 Å². The first-order valence-corrected chi connectivity index (χ1v) is 6.27. The summed E-state index contributed by atoms with van der Waals surface area (Å²) in [5, 5.41) is 11.8. The summed E-state index contributed by atoms with van der Waals surface area (Å²) in [6, 6.07) is 2.95. The van der Waals surface area contributed by atoms with E-state index in [1.165, 1.54) is 0 Å². The van der Waals surface area contributed by atoms with E-state index >= 15 is 0 Å². The van der Waals surface area contributed by atoms with Crippen molar-refractivity contribution < 1.29 is 23.1 Å². The lowest BCUT2D eigenvalue weighted by Crippen LogP contribution is -2.62. The number of nitrogens with one attached hydrogen (secondary N) is 1. The number of aliphatic hydroxyl groups is 1. The van der Waals surface area contributed by atoms with Crippen LogP contribution >= 0.6 is 0 Å². The van der Waals surface area contributed by atoms with E-state index in [-0.39, 0.29) is 12.3 Å². The fraction of sp³-hybridized carbons (Fsp3) is 0.538. The van der Waals surface area contributed by atoms with Gasteiger partial charge in [0.2, 0.25) is 5.91 Å². The van der Waals surface area contributed by atoms with Crippen LogP contribution in [-0.2, 0) is 11.2 Å². The number of pyridine rings is 1. The van der Waals surface area contributed by atoms with Crippen molar-refractivity contribution in [3.05, 3.63) is 30.1 Å². The van der Waals surface area contributed by atoms with Crippen LogP contribution in [0.3, 0.4) is 0 Å². The Kier molecular flexibility index (Phi) is 3.99. The van der Waals surface area contributed by atoms with Crippen molar-refractivity contribution in [2.75, 3.05) is 0 Å². The van der Waals surface area contributed by atoms with Crippen LogP contribution in [0.1, 0.15) is 24.8 Å². The molecule has 1 heterocycles. The average Bonchev–Trinajstić information content (AvgIpc) is 2.34. The summed E-state index contributed by atoms with van der Waals surface area (Å²) >= 11 is 0. The molecular weight excluding hydrogens is 273 g/mol. The van der Waals surface area contributed by atoms with Crippen LogP contribution in [0, 0.1) is 0 Å². The minimum atomic E-state index is -4.63. The van der Waals surface area contributed by atoms with Crippen LogP contribution in [0.5, 0.6) is 0 Å². The zero-order valence-electron chi connectivity index (χ0n) is 10.7. The molecular formula is C13H15F3N2O2. The predicted molar refractivity (Wildman–Crippen MR) is 64.7 cm³/mol. The van der Waals surface area contributed by atoms with Crippen LogP contribution in [0.15, 0.2) is 24.5 Å². The van der Waals surface area contributed by atoms with Gasteiger partial charge in [-0.2, -0.15) is 13.2 Å². The van der Waals surface area contributed by atoms with E-state index in [1.54, 1.807) is 24.5 Å². The van der Waals surface area contributed by atoms with Crippen LogP contribution in [-0.4, -0.2) is 33.8 Å². The second kappa shape index (κ2) is 5.40. The molecule has 0 unspecified atom stereocenters. The monoisotopic (exact) mass is 288 g/mol. The molecule has 7 heteroatoms. The maximum Gasteiger partial charge on any atom is 0.417 e. The quantitative estimate of drug-likeness (QED) is 0.884. The number of carbonyl (C=O) groups excluding carboxylic acids is 1. The number of carbonyl (C=O) groups is 1. The van der Waals surface area contributed by atoms with Crippen molar-refractivity contribution in [2.24, 2.45) is 0 Å². The molecule has 110 valence electrons. The Morgan fingerprint density at radius 2 is 2.00 bits per heavy atom. The second-order valence-electron chi connectivity index (χ2n) is 5.06. The molecule has 4 nitrogen and oxygen atoms in total. The Balaban J connectivity index is 1.72. The zero-order chi connectivity index (χ0) is 14.8. The average molecular weight is 288 g/mol. The molecule has 0 spiro atoms. The third-order valence-corrected chi connectivity index (χ3v) is 3.45. The smallest absolute Gasteiger partial charge is 0.380 e. The standard InChI is InChI=1S/C13H15F3N2O2/c14-13(15,16)12(20)7-10(8-12)18-11(19)2-1-9-3-5-17-6-4-9/h3-6,10,20H,1-2,7-8H2,(H,18,19). The molecule has 2 N–H and O–H groups in total. The maximum absolute atomic E-state index is 12.4. The SMILES string of the molecule is O=C(CCc1ccncc1)NC1CC(O)(C(F)(F)F)C1. The molecule has 1 aromatic heterocycles. The van der Waals surface area contributed by atoms with Gasteiger partial charge in [-0.3, -0.25) is 9.78 Å². The van der Waals surface area contributed by atoms with Crippen molar-refractivity contribution in [2.45, 2.75) is 43.5 Å². The minimum Gasteiger partial charge on any atom is -0.380 e. The van der Waals surface area contributed by atoms with Crippen molar-refractivity contribution >= 4 is 5.91 Å². The number of rotatable bonds is 4. The Hall–Kier alpha value is -1.63. The van der Waals surface area contributed by atoms with E-state index in [0.29, 0.717) is 6.42 Å². The fourth-order valence-electron chi connectivity index (χ4n) is 2.20. The Labute approximate surface area is 114 Å². The molecule has 1 amide bonds. The predicted octanol–water partition coefficient (Wildman–Crippen LogP) is 1.59. The van der Waals surface area contributed by atoms with Gasteiger partial charge in [0, 0.05) is 37.7 Å². The number of alkyl halides is 3. The molecule has 20 heavy (non-hydrogen) atoms. The van der Waals surface area contributed by atoms with Crippen LogP contribution in [0.25, 0.3) is 0 Å². The van der Waals surface area contributed by atoms with E-state index < -0.39 is 30.7 Å². The van der Waals surface area contributed by atoms with E-state index in [0.717, 1.165) is 5.56 Å². The van der Waals surface area contributed by atoms with Gasteiger partial charge < -0.3 is 10.4 Å². The highest BCUT2D eigenvalue weighted by molar-refractivity contribution is 5.76. The van der Waals surface area contributed by atoms with Gasteiger partial charge in [0.25, 0.3) is 0 Å². The molecule has 1 fully saturated rings. The number of hydrogen-bond donors (Lipinski definition) is 2. The van der Waals surface area contributed by atoms with Crippen molar-refractivity contribution in [3.8, 4) is 0 Å².